The summed E-state index contributed by atoms with van der Waals surface area (Å²) in [5.41, 5.74) is 0.624. The van der Waals surface area contributed by atoms with Crippen molar-refractivity contribution in [1.29, 1.82) is 0 Å². The number of hydrogen-bond acceptors (Lipinski definition) is 4. The van der Waals surface area contributed by atoms with Gasteiger partial charge in [0, 0.05) is 25.8 Å². The molecule has 0 bridgehead atoms. The number of nitrogens with zero attached hydrogens (tertiary/aromatic N) is 3. The second-order valence-electron chi connectivity index (χ2n) is 4.17. The summed E-state index contributed by atoms with van der Waals surface area (Å²) in [6.45, 7) is 4.78. The van der Waals surface area contributed by atoms with Crippen LogP contribution in [-0.2, 0) is 16.5 Å². The average molecular weight is 279 g/mol. The van der Waals surface area contributed by atoms with E-state index in [-0.39, 0.29) is 5.82 Å². The monoisotopic (exact) mass is 279 g/mol. The Labute approximate surface area is 117 Å². The minimum Gasteiger partial charge on any atom is -0.346 e. The Bertz CT molecular complexity index is 565. The lowest BCUT2D eigenvalue weighted by molar-refractivity contribution is -0.146. The number of benzene rings is 1. The molecule has 0 spiro atoms. The van der Waals surface area contributed by atoms with Gasteiger partial charge >= 0.3 is 0 Å². The first-order chi connectivity index (χ1) is 9.65. The van der Waals surface area contributed by atoms with E-state index in [1.54, 1.807) is 23.9 Å². The summed E-state index contributed by atoms with van der Waals surface area (Å²) in [6, 6.07) is 6.17. The first-order valence-corrected chi connectivity index (χ1v) is 6.55. The summed E-state index contributed by atoms with van der Waals surface area (Å²) < 4.78 is 25.8. The molecule has 0 amide bonds. The Kier molecular flexibility index (Phi) is 4.81. The second-order valence-corrected chi connectivity index (χ2v) is 4.17. The Morgan fingerprint density at radius 2 is 1.95 bits per heavy atom. The van der Waals surface area contributed by atoms with E-state index in [2.05, 4.69) is 10.1 Å². The van der Waals surface area contributed by atoms with Gasteiger partial charge in [0.1, 0.15) is 5.82 Å². The fourth-order valence-corrected chi connectivity index (χ4v) is 1.85. The van der Waals surface area contributed by atoms with E-state index in [9.17, 15) is 4.39 Å². The zero-order valence-corrected chi connectivity index (χ0v) is 11.8. The molecule has 0 aliphatic heterocycles. The van der Waals surface area contributed by atoms with Gasteiger partial charge in [0.2, 0.25) is 6.29 Å². The van der Waals surface area contributed by atoms with Gasteiger partial charge in [0.25, 0.3) is 0 Å². The topological polar surface area (TPSA) is 49.2 Å². The van der Waals surface area contributed by atoms with Crippen LogP contribution in [0.2, 0.25) is 0 Å². The standard InChI is InChI=1S/C14H18FN3O2/c1-4-19-14(20-5-2)13-16-12(17-18(13)3)10-7-6-8-11(15)9-10/h6-9,14H,4-5H2,1-3H3. The third-order valence-corrected chi connectivity index (χ3v) is 2.73. The van der Waals surface area contributed by atoms with Gasteiger partial charge in [0.15, 0.2) is 11.6 Å². The van der Waals surface area contributed by atoms with Crippen molar-refractivity contribution in [1.82, 2.24) is 14.8 Å². The number of aromatic nitrogens is 3. The van der Waals surface area contributed by atoms with Crippen molar-refractivity contribution in [2.24, 2.45) is 7.05 Å². The molecule has 0 unspecified atom stereocenters. The molecule has 1 aromatic carbocycles. The Hall–Kier alpha value is -1.79. The van der Waals surface area contributed by atoms with Crippen molar-refractivity contribution in [3.8, 4) is 11.4 Å². The van der Waals surface area contributed by atoms with Crippen molar-refractivity contribution in [3.63, 3.8) is 0 Å². The zero-order chi connectivity index (χ0) is 14.5. The molecule has 0 aliphatic rings. The van der Waals surface area contributed by atoms with Crippen LogP contribution in [0.25, 0.3) is 11.4 Å². The molecular formula is C14H18FN3O2. The molecule has 0 saturated carbocycles. The van der Waals surface area contributed by atoms with Crippen LogP contribution in [0.4, 0.5) is 4.39 Å². The molecule has 1 heterocycles. The summed E-state index contributed by atoms with van der Waals surface area (Å²) in [6.07, 6.45) is -0.565. The van der Waals surface area contributed by atoms with Gasteiger partial charge in [-0.3, -0.25) is 0 Å². The van der Waals surface area contributed by atoms with E-state index >= 15 is 0 Å². The minimum atomic E-state index is -0.565. The molecule has 2 aromatic rings. The van der Waals surface area contributed by atoms with Crippen molar-refractivity contribution >= 4 is 0 Å². The normalized spacial score (nSPS) is 11.2. The van der Waals surface area contributed by atoms with Crippen molar-refractivity contribution in [3.05, 3.63) is 35.9 Å². The van der Waals surface area contributed by atoms with E-state index in [0.29, 0.717) is 30.4 Å². The summed E-state index contributed by atoms with van der Waals surface area (Å²) in [5.74, 6) is 0.696. The number of aryl methyl sites for hydroxylation is 1. The van der Waals surface area contributed by atoms with Gasteiger partial charge in [-0.2, -0.15) is 5.10 Å². The van der Waals surface area contributed by atoms with E-state index in [0.717, 1.165) is 0 Å². The molecule has 0 fully saturated rings. The van der Waals surface area contributed by atoms with Crippen LogP contribution in [-0.4, -0.2) is 28.0 Å². The summed E-state index contributed by atoms with van der Waals surface area (Å²) in [7, 11) is 1.76. The highest BCUT2D eigenvalue weighted by molar-refractivity contribution is 5.54. The Morgan fingerprint density at radius 1 is 1.25 bits per heavy atom. The lowest BCUT2D eigenvalue weighted by Gasteiger charge is -2.15. The van der Waals surface area contributed by atoms with Crippen LogP contribution in [0.1, 0.15) is 26.0 Å². The molecule has 0 saturated heterocycles. The Balaban J connectivity index is 2.33. The fraction of sp³-hybridized carbons (Fsp3) is 0.429. The van der Waals surface area contributed by atoms with Crippen LogP contribution in [0.15, 0.2) is 24.3 Å². The lowest BCUT2D eigenvalue weighted by atomic mass is 10.2. The molecule has 20 heavy (non-hydrogen) atoms. The van der Waals surface area contributed by atoms with Crippen LogP contribution >= 0.6 is 0 Å². The van der Waals surface area contributed by atoms with Gasteiger partial charge in [0.05, 0.1) is 0 Å². The van der Waals surface area contributed by atoms with Crippen LogP contribution < -0.4 is 0 Å². The average Bonchev–Trinajstić information content (AvgIpc) is 2.81. The maximum absolute atomic E-state index is 13.2. The number of halogens is 1. The highest BCUT2D eigenvalue weighted by atomic mass is 19.1. The third kappa shape index (κ3) is 3.20. The molecule has 5 nitrogen and oxygen atoms in total. The maximum atomic E-state index is 13.2. The summed E-state index contributed by atoms with van der Waals surface area (Å²) >= 11 is 0. The first kappa shape index (κ1) is 14.6. The molecule has 0 atom stereocenters. The van der Waals surface area contributed by atoms with Gasteiger partial charge in [-0.15, -0.1) is 0 Å². The lowest BCUT2D eigenvalue weighted by Crippen LogP contribution is -2.14. The SMILES string of the molecule is CCOC(OCC)c1nc(-c2cccc(F)c2)nn1C. The van der Waals surface area contributed by atoms with Crippen molar-refractivity contribution in [2.45, 2.75) is 20.1 Å². The fourth-order valence-electron chi connectivity index (χ4n) is 1.85. The highest BCUT2D eigenvalue weighted by Gasteiger charge is 2.20. The molecular weight excluding hydrogens is 261 g/mol. The van der Waals surface area contributed by atoms with E-state index < -0.39 is 6.29 Å². The van der Waals surface area contributed by atoms with Gasteiger partial charge in [-0.1, -0.05) is 12.1 Å². The van der Waals surface area contributed by atoms with Crippen LogP contribution in [0.3, 0.4) is 0 Å². The van der Waals surface area contributed by atoms with Crippen molar-refractivity contribution < 1.29 is 13.9 Å². The number of hydrogen-bond donors (Lipinski definition) is 0. The quantitative estimate of drug-likeness (QED) is 0.763. The number of rotatable bonds is 6. The van der Waals surface area contributed by atoms with Crippen molar-refractivity contribution in [2.75, 3.05) is 13.2 Å². The van der Waals surface area contributed by atoms with Crippen LogP contribution in [0, 0.1) is 5.82 Å². The molecule has 1 aromatic heterocycles. The van der Waals surface area contributed by atoms with E-state index in [1.807, 2.05) is 13.8 Å². The van der Waals surface area contributed by atoms with Gasteiger partial charge < -0.3 is 9.47 Å². The summed E-state index contributed by atoms with van der Waals surface area (Å²) in [5, 5.41) is 4.29. The summed E-state index contributed by atoms with van der Waals surface area (Å²) in [4.78, 5) is 4.39. The molecule has 2 rings (SSSR count). The number of ether oxygens (including phenoxy) is 2. The van der Waals surface area contributed by atoms with E-state index in [1.165, 1.54) is 12.1 Å². The minimum absolute atomic E-state index is 0.317. The van der Waals surface area contributed by atoms with Crippen LogP contribution in [0.5, 0.6) is 0 Å². The predicted octanol–water partition coefficient (Wildman–Crippen LogP) is 2.69. The highest BCUT2D eigenvalue weighted by Crippen LogP contribution is 2.21. The first-order valence-electron chi connectivity index (χ1n) is 6.55. The largest absolute Gasteiger partial charge is 0.346 e. The second kappa shape index (κ2) is 6.58. The van der Waals surface area contributed by atoms with Gasteiger partial charge in [-0.25, -0.2) is 14.1 Å². The molecule has 6 heteroatoms. The van der Waals surface area contributed by atoms with Gasteiger partial charge in [-0.05, 0) is 26.0 Å². The predicted molar refractivity (Wildman–Crippen MR) is 72.4 cm³/mol. The molecule has 0 N–H and O–H groups in total. The zero-order valence-electron chi connectivity index (χ0n) is 11.8. The molecule has 108 valence electrons. The smallest absolute Gasteiger partial charge is 0.218 e. The van der Waals surface area contributed by atoms with E-state index in [4.69, 9.17) is 9.47 Å². The molecule has 0 aliphatic carbocycles. The Morgan fingerprint density at radius 3 is 2.55 bits per heavy atom. The maximum Gasteiger partial charge on any atom is 0.218 e. The molecule has 0 radical (unpaired) electrons. The third-order valence-electron chi connectivity index (χ3n) is 2.73.